The quantitative estimate of drug-likeness (QED) is 0.899. The van der Waals surface area contributed by atoms with Crippen molar-refractivity contribution in [3.8, 4) is 5.75 Å². The van der Waals surface area contributed by atoms with Gasteiger partial charge in [0, 0.05) is 29.2 Å². The molecule has 0 radical (unpaired) electrons. The fourth-order valence-electron chi connectivity index (χ4n) is 2.35. The van der Waals surface area contributed by atoms with Crippen LogP contribution in [0, 0.1) is 0 Å². The van der Waals surface area contributed by atoms with Crippen LogP contribution in [0.5, 0.6) is 5.75 Å². The summed E-state index contributed by atoms with van der Waals surface area (Å²) in [5.74, 6) is 1.02. The minimum atomic E-state index is 0.413. The Bertz CT molecular complexity index is 411. The SMILES string of the molecule is CCN(C)CCNC1CCCOc2cc(Br)ccc21. The molecule has 1 heterocycles. The highest BCUT2D eigenvalue weighted by Gasteiger charge is 2.19. The molecule has 106 valence electrons. The summed E-state index contributed by atoms with van der Waals surface area (Å²) in [4.78, 5) is 2.32. The highest BCUT2D eigenvalue weighted by Crippen LogP contribution is 2.33. The van der Waals surface area contributed by atoms with Crippen LogP contribution in [0.2, 0.25) is 0 Å². The lowest BCUT2D eigenvalue weighted by Crippen LogP contribution is -2.31. The molecule has 4 heteroatoms. The van der Waals surface area contributed by atoms with Gasteiger partial charge in [-0.2, -0.15) is 0 Å². The van der Waals surface area contributed by atoms with E-state index in [0.29, 0.717) is 6.04 Å². The molecule has 1 N–H and O–H groups in total. The van der Waals surface area contributed by atoms with E-state index in [1.165, 1.54) is 5.56 Å². The zero-order chi connectivity index (χ0) is 13.7. The van der Waals surface area contributed by atoms with Crippen molar-refractivity contribution in [3.63, 3.8) is 0 Å². The van der Waals surface area contributed by atoms with Crippen molar-refractivity contribution in [3.05, 3.63) is 28.2 Å². The molecular formula is C15H23BrN2O. The first-order valence-corrected chi connectivity index (χ1v) is 7.84. The molecule has 19 heavy (non-hydrogen) atoms. The number of benzene rings is 1. The van der Waals surface area contributed by atoms with E-state index in [9.17, 15) is 0 Å². The third kappa shape index (κ3) is 4.20. The van der Waals surface area contributed by atoms with Gasteiger partial charge in [0.25, 0.3) is 0 Å². The lowest BCUT2D eigenvalue weighted by Gasteiger charge is -2.21. The second-order valence-corrected chi connectivity index (χ2v) is 5.99. The second-order valence-electron chi connectivity index (χ2n) is 5.08. The standard InChI is InChI=1S/C15H23BrN2O/c1-3-18(2)9-8-17-14-5-4-10-19-15-11-12(16)6-7-13(14)15/h6-7,11,14,17H,3-5,8-10H2,1-2H3. The van der Waals surface area contributed by atoms with Gasteiger partial charge in [-0.05, 0) is 38.6 Å². The maximum Gasteiger partial charge on any atom is 0.125 e. The van der Waals surface area contributed by atoms with E-state index in [0.717, 1.165) is 49.3 Å². The molecular weight excluding hydrogens is 304 g/mol. The van der Waals surface area contributed by atoms with Gasteiger partial charge in [-0.25, -0.2) is 0 Å². The smallest absolute Gasteiger partial charge is 0.125 e. The van der Waals surface area contributed by atoms with E-state index in [1.807, 2.05) is 0 Å². The van der Waals surface area contributed by atoms with Gasteiger partial charge in [0.15, 0.2) is 0 Å². The molecule has 0 spiro atoms. The molecule has 1 aromatic rings. The Balaban J connectivity index is 2.01. The molecule has 0 amide bonds. The van der Waals surface area contributed by atoms with Gasteiger partial charge in [0.05, 0.1) is 6.61 Å². The van der Waals surface area contributed by atoms with Gasteiger partial charge in [-0.3, -0.25) is 0 Å². The molecule has 2 rings (SSSR count). The minimum absolute atomic E-state index is 0.413. The molecule has 1 aromatic carbocycles. The number of hydrogen-bond donors (Lipinski definition) is 1. The Hall–Kier alpha value is -0.580. The lowest BCUT2D eigenvalue weighted by atomic mass is 10.0. The molecule has 1 aliphatic rings. The predicted octanol–water partition coefficient (Wildman–Crippen LogP) is 3.20. The van der Waals surface area contributed by atoms with E-state index in [4.69, 9.17) is 4.74 Å². The zero-order valence-electron chi connectivity index (χ0n) is 11.8. The van der Waals surface area contributed by atoms with E-state index in [1.54, 1.807) is 0 Å². The summed E-state index contributed by atoms with van der Waals surface area (Å²) in [6.07, 6.45) is 2.25. The number of fused-ring (bicyclic) bond motifs is 1. The van der Waals surface area contributed by atoms with Gasteiger partial charge in [0.1, 0.15) is 5.75 Å². The highest BCUT2D eigenvalue weighted by atomic mass is 79.9. The molecule has 0 fully saturated rings. The molecule has 0 bridgehead atoms. The largest absolute Gasteiger partial charge is 0.493 e. The number of likely N-dealkylation sites (N-methyl/N-ethyl adjacent to an activating group) is 1. The van der Waals surface area contributed by atoms with Gasteiger partial charge in [-0.15, -0.1) is 0 Å². The molecule has 1 aliphatic heterocycles. The number of nitrogens with one attached hydrogen (secondary N) is 1. The Morgan fingerprint density at radius 3 is 3.11 bits per heavy atom. The summed E-state index contributed by atoms with van der Waals surface area (Å²) in [6, 6.07) is 6.76. The number of rotatable bonds is 5. The van der Waals surface area contributed by atoms with Crippen LogP contribution >= 0.6 is 15.9 Å². The Labute approximate surface area is 124 Å². The lowest BCUT2D eigenvalue weighted by molar-refractivity contribution is 0.313. The van der Waals surface area contributed by atoms with Gasteiger partial charge in [-0.1, -0.05) is 28.9 Å². The zero-order valence-corrected chi connectivity index (χ0v) is 13.4. The van der Waals surface area contributed by atoms with Crippen LogP contribution in [0.3, 0.4) is 0 Å². The van der Waals surface area contributed by atoms with Crippen molar-refractivity contribution in [2.75, 3.05) is 33.3 Å². The van der Waals surface area contributed by atoms with Crippen molar-refractivity contribution in [1.29, 1.82) is 0 Å². The first kappa shape index (κ1) is 14.8. The van der Waals surface area contributed by atoms with E-state index >= 15 is 0 Å². The average Bonchev–Trinajstić information content (AvgIpc) is 2.60. The van der Waals surface area contributed by atoms with Crippen LogP contribution < -0.4 is 10.1 Å². The van der Waals surface area contributed by atoms with Gasteiger partial charge < -0.3 is 15.0 Å². The molecule has 1 unspecified atom stereocenters. The van der Waals surface area contributed by atoms with Gasteiger partial charge in [0.2, 0.25) is 0 Å². The topological polar surface area (TPSA) is 24.5 Å². The first-order chi connectivity index (χ1) is 9.20. The number of hydrogen-bond acceptors (Lipinski definition) is 3. The van der Waals surface area contributed by atoms with Gasteiger partial charge >= 0.3 is 0 Å². The fourth-order valence-corrected chi connectivity index (χ4v) is 2.69. The molecule has 0 saturated heterocycles. The van der Waals surface area contributed by atoms with Crippen molar-refractivity contribution in [2.24, 2.45) is 0 Å². The monoisotopic (exact) mass is 326 g/mol. The Kier molecular flexibility index (Phi) is 5.67. The summed E-state index contributed by atoms with van der Waals surface area (Å²) in [5, 5.41) is 3.67. The number of nitrogens with zero attached hydrogens (tertiary/aromatic N) is 1. The maximum atomic E-state index is 5.83. The molecule has 1 atom stereocenters. The summed E-state index contributed by atoms with van der Waals surface area (Å²) in [6.45, 7) is 6.20. The Morgan fingerprint density at radius 2 is 2.32 bits per heavy atom. The summed E-state index contributed by atoms with van der Waals surface area (Å²) in [7, 11) is 2.16. The van der Waals surface area contributed by atoms with Crippen LogP contribution in [0.1, 0.15) is 31.4 Å². The van der Waals surface area contributed by atoms with E-state index < -0.39 is 0 Å². The minimum Gasteiger partial charge on any atom is -0.493 e. The van der Waals surface area contributed by atoms with Crippen LogP contribution in [0.15, 0.2) is 22.7 Å². The fraction of sp³-hybridized carbons (Fsp3) is 0.600. The molecule has 0 aliphatic carbocycles. The first-order valence-electron chi connectivity index (χ1n) is 7.05. The normalized spacial score (nSPS) is 18.8. The molecule has 0 saturated carbocycles. The van der Waals surface area contributed by atoms with Crippen LogP contribution in [-0.2, 0) is 0 Å². The summed E-state index contributed by atoms with van der Waals surface area (Å²) < 4.78 is 6.91. The number of ether oxygens (including phenoxy) is 1. The molecule has 0 aromatic heterocycles. The third-order valence-corrected chi connectivity index (χ3v) is 4.16. The maximum absolute atomic E-state index is 5.83. The van der Waals surface area contributed by atoms with Crippen molar-refractivity contribution in [2.45, 2.75) is 25.8 Å². The van der Waals surface area contributed by atoms with Crippen molar-refractivity contribution in [1.82, 2.24) is 10.2 Å². The Morgan fingerprint density at radius 1 is 1.47 bits per heavy atom. The molecule has 3 nitrogen and oxygen atoms in total. The van der Waals surface area contributed by atoms with Crippen LogP contribution in [-0.4, -0.2) is 38.2 Å². The van der Waals surface area contributed by atoms with Crippen LogP contribution in [0.25, 0.3) is 0 Å². The highest BCUT2D eigenvalue weighted by molar-refractivity contribution is 9.10. The average molecular weight is 327 g/mol. The van der Waals surface area contributed by atoms with E-state index in [-0.39, 0.29) is 0 Å². The summed E-state index contributed by atoms with van der Waals surface area (Å²) >= 11 is 3.51. The predicted molar refractivity (Wildman–Crippen MR) is 82.8 cm³/mol. The third-order valence-electron chi connectivity index (χ3n) is 3.67. The van der Waals surface area contributed by atoms with E-state index in [2.05, 4.69) is 58.3 Å². The van der Waals surface area contributed by atoms with Crippen LogP contribution in [0.4, 0.5) is 0 Å². The van der Waals surface area contributed by atoms with Crippen molar-refractivity contribution < 1.29 is 4.74 Å². The number of halogens is 1. The summed E-state index contributed by atoms with van der Waals surface area (Å²) in [5.41, 5.74) is 1.29. The van der Waals surface area contributed by atoms with Crippen molar-refractivity contribution >= 4 is 15.9 Å². The second kappa shape index (κ2) is 7.27.